The van der Waals surface area contributed by atoms with E-state index in [1.165, 1.54) is 60.4 Å². The molecule has 0 saturated carbocycles. The Balaban J connectivity index is 0.000000159. The summed E-state index contributed by atoms with van der Waals surface area (Å²) in [7, 11) is 6.97. The normalized spacial score (nSPS) is 10.5. The second-order valence-electron chi connectivity index (χ2n) is 20.0. The molecule has 0 N–H and O–H groups in total. The van der Waals surface area contributed by atoms with Gasteiger partial charge in [0.05, 0.1) is 17.1 Å². The van der Waals surface area contributed by atoms with Gasteiger partial charge in [0.2, 0.25) is 0 Å². The molecule has 0 spiro atoms. The van der Waals surface area contributed by atoms with Gasteiger partial charge in [-0.3, -0.25) is 4.98 Å². The fraction of sp³-hybridized carbons (Fsp3) is 0.0133. The standard InChI is InChI=1S/C44H32N2.C12H10O.C10H9NO.C9H7NO.2Al.BHNP.H/c1-3-17-37(18-4-1)45(43-23-11-15-35-13-7-9-21-41(35)43)39-29-25-33(26-30-39)34-27-31-40(32-28-34)46(38-19-5-2-6-20-38)44-24-12-16-36-14-8-10-22-42(36)44;13-12-8-6-11(7-9-12)10-4-2-1-3-5-10;1-7-5-6-8-3-2-4-9(12)10(8)11-7;11-8-5-1-3-7-4-2-6-10-9(7)8;;;1-2-3;/h1-32H;1-9,13H;2-6,12H,1H3;1-6,11H;;;3H;/q;;;;+1;+2;;/p-3. The van der Waals surface area contributed by atoms with Crippen molar-refractivity contribution in [3.63, 3.8) is 0 Å². The van der Waals surface area contributed by atoms with Crippen molar-refractivity contribution in [2.24, 2.45) is 4.66 Å². The van der Waals surface area contributed by atoms with Gasteiger partial charge in [-0.2, -0.15) is 0 Å². The fourth-order valence-corrected chi connectivity index (χ4v) is 11.3. The van der Waals surface area contributed by atoms with Crippen molar-refractivity contribution >= 4 is 127 Å². The number of rotatable bonds is 13. The molecule has 0 saturated heterocycles. The highest BCUT2D eigenvalue weighted by Gasteiger charge is 2.18. The monoisotopic (exact) mass is 1170 g/mol. The largest absolute Gasteiger partial charge is 0.881 e. The Labute approximate surface area is 526 Å². The number of para-hydroxylation sites is 4. The lowest BCUT2D eigenvalue weighted by Gasteiger charge is -2.27. The van der Waals surface area contributed by atoms with Crippen LogP contribution in [0, 0.1) is 6.92 Å². The summed E-state index contributed by atoms with van der Waals surface area (Å²) < 4.78 is 19.7. The molecule has 0 bridgehead atoms. The Morgan fingerprint density at radius 3 is 1.32 bits per heavy atom. The number of aryl methyl sites for hydroxylation is 1. The summed E-state index contributed by atoms with van der Waals surface area (Å²) in [6.45, 7) is 1.98. The van der Waals surface area contributed by atoms with Crippen molar-refractivity contribution in [1.29, 1.82) is 0 Å². The Hall–Kier alpha value is -9.79. The third-order valence-corrected chi connectivity index (χ3v) is 15.6. The summed E-state index contributed by atoms with van der Waals surface area (Å²) in [6, 6.07) is 107. The highest BCUT2D eigenvalue weighted by Crippen LogP contribution is 2.42. The molecule has 0 atom stereocenters. The summed E-state index contributed by atoms with van der Waals surface area (Å²) in [5.74, 6) is 2.41. The maximum atomic E-state index is 5.89. The number of anilines is 6. The van der Waals surface area contributed by atoms with E-state index in [-0.39, 0.29) is 0 Å². The van der Waals surface area contributed by atoms with Crippen LogP contribution in [0.4, 0.5) is 34.1 Å². The Morgan fingerprint density at radius 2 is 0.793 bits per heavy atom. The van der Waals surface area contributed by atoms with E-state index in [0.29, 0.717) is 0 Å². The summed E-state index contributed by atoms with van der Waals surface area (Å²) in [4.78, 5) is 13.5. The van der Waals surface area contributed by atoms with Gasteiger partial charge in [0.15, 0.2) is 0 Å². The number of hydrogen-bond acceptors (Lipinski definition) is 8. The molecule has 0 fully saturated rings. The fourth-order valence-electron chi connectivity index (χ4n) is 10.4. The van der Waals surface area contributed by atoms with Crippen LogP contribution in [0.2, 0.25) is 0 Å². The quantitative estimate of drug-likeness (QED) is 0.0841. The predicted molar refractivity (Wildman–Crippen MR) is 368 cm³/mol. The molecule has 12 aromatic carbocycles. The zero-order valence-electron chi connectivity index (χ0n) is 47.8. The molecule has 87 heavy (non-hydrogen) atoms. The number of benzene rings is 12. The molecular weight excluding hydrogens is 1110 g/mol. The van der Waals surface area contributed by atoms with Gasteiger partial charge in [-0.25, -0.2) is 4.98 Å². The molecule has 0 unspecified atom stereocenters. The van der Waals surface area contributed by atoms with Crippen molar-refractivity contribution in [2.75, 3.05) is 9.80 Å². The van der Waals surface area contributed by atoms with Gasteiger partial charge in [0, 0.05) is 56.2 Å². The highest BCUT2D eigenvalue weighted by molar-refractivity contribution is 7.05. The predicted octanol–water partition coefficient (Wildman–Crippen LogP) is 19.6. The first-order chi connectivity index (χ1) is 43.0. The van der Waals surface area contributed by atoms with E-state index < -0.39 is 15.9 Å². The van der Waals surface area contributed by atoms with E-state index >= 15 is 0 Å². The number of pyridine rings is 2. The van der Waals surface area contributed by atoms with Gasteiger partial charge in [0.25, 0.3) is 7.98 Å². The molecule has 2 heterocycles. The topological polar surface area (TPSA) is 72.3 Å². The van der Waals surface area contributed by atoms with Gasteiger partial charge in [-0.05, 0) is 146 Å². The van der Waals surface area contributed by atoms with Crippen LogP contribution in [-0.2, 0) is 0 Å². The van der Waals surface area contributed by atoms with E-state index in [0.717, 1.165) is 78.9 Å². The smallest absolute Gasteiger partial charge is 0.649 e. The first-order valence-electron chi connectivity index (χ1n) is 28.3. The lowest BCUT2D eigenvalue weighted by molar-refractivity contribution is 0.461. The minimum atomic E-state index is -0.665. The van der Waals surface area contributed by atoms with Crippen LogP contribution in [0.3, 0.4) is 0 Å². The first kappa shape index (κ1) is 59.0. The average Bonchev–Trinajstić information content (AvgIpc) is 1.95. The minimum Gasteiger partial charge on any atom is -0.649 e. The Morgan fingerprint density at radius 1 is 0.391 bits per heavy atom. The molecule has 14 aromatic rings. The van der Waals surface area contributed by atoms with Gasteiger partial charge in [-0.1, -0.05) is 212 Å². The van der Waals surface area contributed by atoms with Gasteiger partial charge >= 0.3 is 32.5 Å². The Kier molecular flexibility index (Phi) is 19.9. The molecular formula is C75H57Al2BN5O3P. The summed E-state index contributed by atoms with van der Waals surface area (Å²) >= 11 is 0.801. The third-order valence-electron chi connectivity index (χ3n) is 14.5. The number of nitrogens with zero attached hydrogens (tertiary/aromatic N) is 5. The van der Waals surface area contributed by atoms with Crippen LogP contribution in [-0.4, -0.2) is 50.5 Å². The Bertz CT molecular complexity index is 4360. The van der Waals surface area contributed by atoms with Crippen molar-refractivity contribution in [3.8, 4) is 39.5 Å². The average molecular weight is 1170 g/mol. The summed E-state index contributed by atoms with van der Waals surface area (Å²) in [5.41, 5.74) is 14.3. The molecule has 0 aliphatic carbocycles. The zero-order chi connectivity index (χ0) is 59.6. The summed E-state index contributed by atoms with van der Waals surface area (Å²) in [5, 5.41) is 7.09. The molecule has 2 aromatic heterocycles. The van der Waals surface area contributed by atoms with Crippen molar-refractivity contribution in [1.82, 2.24) is 9.97 Å². The van der Waals surface area contributed by atoms with Crippen LogP contribution in [0.5, 0.6) is 17.2 Å². The van der Waals surface area contributed by atoms with Crippen LogP contribution < -0.4 is 21.2 Å². The summed E-state index contributed by atoms with van der Waals surface area (Å²) in [6.07, 6.45) is 1.77. The molecule has 0 aliphatic rings. The molecule has 0 amide bonds. The highest BCUT2D eigenvalue weighted by atomic mass is 31.0. The zero-order valence-corrected chi connectivity index (χ0v) is 51.4. The number of aromatic nitrogens is 2. The molecule has 14 rings (SSSR count). The van der Waals surface area contributed by atoms with Crippen LogP contribution in [0.1, 0.15) is 5.69 Å². The van der Waals surface area contributed by atoms with Crippen molar-refractivity contribution in [3.05, 3.63) is 321 Å². The third kappa shape index (κ3) is 14.5. The van der Waals surface area contributed by atoms with Gasteiger partial charge in [0.1, 0.15) is 22.5 Å². The van der Waals surface area contributed by atoms with Crippen LogP contribution in [0.15, 0.2) is 320 Å². The molecule has 12 heteroatoms. The lowest BCUT2D eigenvalue weighted by Crippen LogP contribution is -2.11. The first-order valence-corrected chi connectivity index (χ1v) is 30.3. The van der Waals surface area contributed by atoms with Gasteiger partial charge < -0.3 is 25.8 Å². The molecule has 414 valence electrons. The maximum Gasteiger partial charge on any atom is 0.881 e. The van der Waals surface area contributed by atoms with E-state index in [2.05, 4.69) is 266 Å². The van der Waals surface area contributed by atoms with Gasteiger partial charge in [-0.15, -0.1) is 0 Å². The maximum absolute atomic E-state index is 5.89. The molecule has 4 radical (unpaired) electrons. The molecule has 8 nitrogen and oxygen atoms in total. The lowest BCUT2D eigenvalue weighted by atomic mass is 10.0. The van der Waals surface area contributed by atoms with Crippen molar-refractivity contribution in [2.45, 2.75) is 6.92 Å². The molecule has 0 aliphatic heterocycles. The van der Waals surface area contributed by atoms with Crippen molar-refractivity contribution < 1.29 is 11.4 Å². The van der Waals surface area contributed by atoms with E-state index in [4.69, 9.17) is 11.4 Å². The van der Waals surface area contributed by atoms with E-state index in [1.807, 2.05) is 91.9 Å². The number of fused-ring (bicyclic) bond motifs is 4. The second-order valence-corrected chi connectivity index (χ2v) is 21.3. The SMILES string of the molecule is Cc1ccc2cccc([O][Al][O]c3ccc(-c4ccccc4)cc3)c2n1.[AlH][O]c1cccc2cccnc12.[B]N=P.c1ccc(N(c2ccc(-c3ccc(N(c4ccccc4)c4cccc5ccccc45)cc3)cc2)c2cccc3ccccc23)cc1. The van der Waals surface area contributed by atoms with E-state index in [9.17, 15) is 0 Å². The second kappa shape index (κ2) is 29.3. The minimum absolute atomic E-state index is 0.665. The van der Waals surface area contributed by atoms with E-state index in [1.54, 1.807) is 6.20 Å². The number of hydrogen-bond donors (Lipinski definition) is 0. The van der Waals surface area contributed by atoms with Crippen LogP contribution in [0.25, 0.3) is 65.6 Å². The van der Waals surface area contributed by atoms with Crippen LogP contribution >= 0.6 is 9.03 Å².